The first-order valence-corrected chi connectivity index (χ1v) is 16.4. The smallest absolute Gasteiger partial charge is 0.224 e. The number of H-pyrrole nitrogens is 1. The fourth-order valence-corrected chi connectivity index (χ4v) is 6.23. The molecule has 5 aromatic rings. The number of aryl methyl sites for hydroxylation is 1. The highest BCUT2D eigenvalue weighted by Gasteiger charge is 2.25. The molecule has 260 valence electrons. The summed E-state index contributed by atoms with van der Waals surface area (Å²) in [6.07, 6.45) is 10.2. The number of benzene rings is 1. The van der Waals surface area contributed by atoms with Crippen LogP contribution in [0, 0.1) is 5.82 Å². The predicted molar refractivity (Wildman–Crippen MR) is 188 cm³/mol. The van der Waals surface area contributed by atoms with Gasteiger partial charge >= 0.3 is 0 Å². The summed E-state index contributed by atoms with van der Waals surface area (Å²) >= 11 is 0. The number of likely N-dealkylation sites (N-methyl/N-ethyl adjacent to an activating group) is 1. The van der Waals surface area contributed by atoms with Crippen LogP contribution in [-0.2, 0) is 11.3 Å². The average molecular weight is 682 g/mol. The number of amides is 1. The fourth-order valence-electron chi connectivity index (χ4n) is 6.23. The number of rotatable bonds is 9. The number of nitrogens with zero attached hydrogens (tertiary/aromatic N) is 8. The zero-order chi connectivity index (χ0) is 35.0. The van der Waals surface area contributed by atoms with Gasteiger partial charge in [-0.25, -0.2) is 14.4 Å². The monoisotopic (exact) mass is 681 g/mol. The lowest BCUT2D eigenvalue weighted by Crippen LogP contribution is -2.44. The van der Waals surface area contributed by atoms with Crippen LogP contribution in [0.3, 0.4) is 0 Å². The molecule has 7 rings (SSSR count). The highest BCUT2D eigenvalue weighted by molar-refractivity contribution is 6.02. The number of aldehydes is 1. The number of fused-ring (bicyclic) bond motifs is 1. The molecular weight excluding hydrogens is 641 g/mol. The minimum atomic E-state index is -0.470. The van der Waals surface area contributed by atoms with E-state index in [2.05, 4.69) is 42.1 Å². The van der Waals surface area contributed by atoms with Gasteiger partial charge in [-0.15, -0.1) is 5.10 Å². The van der Waals surface area contributed by atoms with Crippen LogP contribution in [0.5, 0.6) is 11.6 Å². The Hall–Kier alpha value is -5.63. The van der Waals surface area contributed by atoms with Crippen LogP contribution in [0.25, 0.3) is 27.6 Å². The molecule has 0 radical (unpaired) electrons. The summed E-state index contributed by atoms with van der Waals surface area (Å²) in [7, 11) is 5.36. The number of aromatic amines is 1. The molecule has 0 bridgehead atoms. The van der Waals surface area contributed by atoms with Crippen LogP contribution >= 0.6 is 0 Å². The summed E-state index contributed by atoms with van der Waals surface area (Å²) in [6, 6.07) is 10.8. The van der Waals surface area contributed by atoms with E-state index in [4.69, 9.17) is 9.47 Å². The summed E-state index contributed by atoms with van der Waals surface area (Å²) in [5.74, 6) is 1.71. The van der Waals surface area contributed by atoms with Crippen molar-refractivity contribution >= 4 is 34.5 Å². The van der Waals surface area contributed by atoms with Gasteiger partial charge in [-0.3, -0.25) is 14.3 Å². The van der Waals surface area contributed by atoms with Crippen molar-refractivity contribution in [3.63, 3.8) is 0 Å². The van der Waals surface area contributed by atoms with Gasteiger partial charge < -0.3 is 29.2 Å². The van der Waals surface area contributed by atoms with E-state index in [1.54, 1.807) is 53.5 Å². The van der Waals surface area contributed by atoms with Crippen LogP contribution in [0.15, 0.2) is 67.3 Å². The molecule has 1 saturated heterocycles. The van der Waals surface area contributed by atoms with Gasteiger partial charge in [0.25, 0.3) is 0 Å². The summed E-state index contributed by atoms with van der Waals surface area (Å²) in [6.45, 7) is 5.47. The van der Waals surface area contributed by atoms with E-state index in [0.29, 0.717) is 59.3 Å². The fraction of sp³-hybridized carbons (Fsp3) is 0.333. The first kappa shape index (κ1) is 34.2. The average Bonchev–Trinajstić information content (AvgIpc) is 3.86. The van der Waals surface area contributed by atoms with E-state index in [1.807, 2.05) is 30.5 Å². The Bertz CT molecular complexity index is 1970. The first-order valence-electron chi connectivity index (χ1n) is 16.4. The number of carbonyl (C=O) groups excluding carboxylic acids is 2. The highest BCUT2D eigenvalue weighted by Crippen LogP contribution is 2.39. The Labute approximate surface area is 289 Å². The van der Waals surface area contributed by atoms with E-state index in [0.717, 1.165) is 37.7 Å². The highest BCUT2D eigenvalue weighted by atomic mass is 19.1. The van der Waals surface area contributed by atoms with Crippen LogP contribution in [0.4, 0.5) is 10.2 Å². The van der Waals surface area contributed by atoms with Gasteiger partial charge in [0.2, 0.25) is 11.8 Å². The predicted octanol–water partition coefficient (Wildman–Crippen LogP) is 4.33. The second-order valence-corrected chi connectivity index (χ2v) is 12.0. The molecule has 0 saturated carbocycles. The van der Waals surface area contributed by atoms with Crippen molar-refractivity contribution in [2.45, 2.75) is 19.4 Å². The maximum absolute atomic E-state index is 15.8. The molecule has 1 aromatic carbocycles. The molecule has 0 unspecified atom stereocenters. The van der Waals surface area contributed by atoms with E-state index in [-0.39, 0.29) is 30.1 Å². The van der Waals surface area contributed by atoms with E-state index in [9.17, 15) is 9.59 Å². The number of carbonyl (C=O) groups is 2. The van der Waals surface area contributed by atoms with Crippen molar-refractivity contribution in [3.05, 3.63) is 84.3 Å². The number of nitrogens with one attached hydrogen (secondary N) is 1. The standard InChI is InChI=1S/C25H23FN6O3.C11H17N3O/c1-35-25-18(5-2-7-27-25)20-13-19(23(26)24-21(20)12-17(15-33)29-24)16-4-3-9-31(14-16)22(34)6-10-32-11-8-28-30-32;1-13-6-8-14(9-7-13)11-10(15-2)4-3-5-12-11/h2,4-5,7-8,11-13,15,29H,3,6,9-10,14H2,1H3;3-5H,6-9H2,1-2H3. The largest absolute Gasteiger partial charge is 0.493 e. The van der Waals surface area contributed by atoms with Crippen LogP contribution < -0.4 is 14.4 Å². The van der Waals surface area contributed by atoms with Crippen LogP contribution in [-0.4, -0.2) is 112 Å². The third-order valence-electron chi connectivity index (χ3n) is 8.90. The Morgan fingerprint density at radius 2 is 1.78 bits per heavy atom. The topological polar surface area (TPSA) is 135 Å². The Balaban J connectivity index is 0.000000240. The number of pyridine rings is 2. The van der Waals surface area contributed by atoms with Gasteiger partial charge in [-0.1, -0.05) is 11.3 Å². The summed E-state index contributed by atoms with van der Waals surface area (Å²) in [5, 5.41) is 8.19. The number of piperazine rings is 1. The summed E-state index contributed by atoms with van der Waals surface area (Å²) < 4.78 is 28.1. The second-order valence-electron chi connectivity index (χ2n) is 12.0. The number of hydrogen-bond acceptors (Lipinski definition) is 10. The number of hydrogen-bond donors (Lipinski definition) is 1. The van der Waals surface area contributed by atoms with Gasteiger partial charge in [0, 0.05) is 80.8 Å². The first-order chi connectivity index (χ1) is 24.4. The lowest BCUT2D eigenvalue weighted by Gasteiger charge is -2.33. The molecule has 2 aliphatic heterocycles. The lowest BCUT2D eigenvalue weighted by molar-refractivity contribution is -0.131. The second kappa shape index (κ2) is 15.7. The van der Waals surface area contributed by atoms with E-state index in [1.165, 1.54) is 7.11 Å². The third-order valence-corrected chi connectivity index (χ3v) is 8.90. The van der Waals surface area contributed by atoms with Crippen LogP contribution in [0.1, 0.15) is 28.9 Å². The van der Waals surface area contributed by atoms with Crippen LogP contribution in [0.2, 0.25) is 0 Å². The molecular formula is C36H40FN9O4. The summed E-state index contributed by atoms with van der Waals surface area (Å²) in [4.78, 5) is 42.2. The molecule has 1 fully saturated rings. The molecule has 0 spiro atoms. The van der Waals surface area contributed by atoms with Gasteiger partial charge in [-0.2, -0.15) is 0 Å². The quantitative estimate of drug-likeness (QED) is 0.224. The number of methoxy groups -OCH3 is 2. The molecule has 4 aromatic heterocycles. The molecule has 0 aliphatic carbocycles. The van der Waals surface area contributed by atoms with Gasteiger partial charge in [0.1, 0.15) is 0 Å². The molecule has 50 heavy (non-hydrogen) atoms. The van der Waals surface area contributed by atoms with Crippen molar-refractivity contribution in [2.75, 3.05) is 65.4 Å². The summed E-state index contributed by atoms with van der Waals surface area (Å²) in [5.41, 5.74) is 2.92. The number of halogens is 1. The maximum Gasteiger partial charge on any atom is 0.224 e. The molecule has 0 atom stereocenters. The maximum atomic E-state index is 15.8. The minimum absolute atomic E-state index is 0.0372. The molecule has 1 amide bonds. The zero-order valence-electron chi connectivity index (χ0n) is 28.4. The Morgan fingerprint density at radius 1 is 0.980 bits per heavy atom. The van der Waals surface area contributed by atoms with Gasteiger partial charge in [0.15, 0.2) is 23.7 Å². The Morgan fingerprint density at radius 3 is 2.52 bits per heavy atom. The SMILES string of the molecule is COc1cccnc1N1CCN(C)CC1.COc1ncccc1-c1cc(C2=CCCN(C(=O)CCn3ccnn3)C2)c(F)c2[nH]c(C=O)cc12. The molecule has 1 N–H and O–H groups in total. The van der Waals surface area contributed by atoms with Gasteiger partial charge in [0.05, 0.1) is 38.2 Å². The van der Waals surface area contributed by atoms with Crippen molar-refractivity contribution in [1.29, 1.82) is 0 Å². The van der Waals surface area contributed by atoms with Crippen molar-refractivity contribution in [2.24, 2.45) is 0 Å². The zero-order valence-corrected chi connectivity index (χ0v) is 28.4. The molecule has 6 heterocycles. The van der Waals surface area contributed by atoms with E-state index >= 15 is 4.39 Å². The van der Waals surface area contributed by atoms with Crippen molar-refractivity contribution < 1.29 is 23.5 Å². The number of aromatic nitrogens is 6. The van der Waals surface area contributed by atoms with Crippen molar-refractivity contribution in [3.8, 4) is 22.8 Å². The lowest BCUT2D eigenvalue weighted by atomic mass is 9.93. The van der Waals surface area contributed by atoms with Crippen molar-refractivity contribution in [1.82, 2.24) is 39.7 Å². The minimum Gasteiger partial charge on any atom is -0.493 e. The molecule has 14 heteroatoms. The third kappa shape index (κ3) is 7.49. The number of ether oxygens (including phenoxy) is 2. The molecule has 2 aliphatic rings. The van der Waals surface area contributed by atoms with E-state index < -0.39 is 5.82 Å². The number of anilines is 1. The molecule has 13 nitrogen and oxygen atoms in total. The Kier molecular flexibility index (Phi) is 10.8. The normalized spacial score (nSPS) is 14.9. The van der Waals surface area contributed by atoms with Gasteiger partial charge in [-0.05, 0) is 61.0 Å².